The third-order valence-electron chi connectivity index (χ3n) is 5.02. The van der Waals surface area contributed by atoms with Crippen LogP contribution in [0, 0.1) is 0 Å². The molecule has 2 N–H and O–H groups in total. The molecule has 0 aromatic heterocycles. The molecular weight excluding hydrogens is 320 g/mol. The van der Waals surface area contributed by atoms with Gasteiger partial charge in [-0.25, -0.2) is 0 Å². The average Bonchev–Trinajstić information content (AvgIpc) is 2.73. The lowest BCUT2D eigenvalue weighted by molar-refractivity contribution is 0.00578. The Kier molecular flexibility index (Phi) is 4.52. The molecule has 3 nitrogen and oxygen atoms in total. The molecule has 0 bridgehead atoms. The Balaban J connectivity index is 2.04. The van der Waals surface area contributed by atoms with E-state index in [1.807, 2.05) is 58.0 Å². The van der Waals surface area contributed by atoms with Crippen LogP contribution in [0.15, 0.2) is 41.9 Å². The van der Waals surface area contributed by atoms with Gasteiger partial charge in [-0.05, 0) is 50.2 Å². The second-order valence-electron chi connectivity index (χ2n) is 7.20. The minimum atomic E-state index is -0.447. The van der Waals surface area contributed by atoms with Crippen molar-refractivity contribution < 1.29 is 9.31 Å². The highest BCUT2D eigenvalue weighted by Crippen LogP contribution is 2.39. The van der Waals surface area contributed by atoms with Crippen LogP contribution in [0.2, 0.25) is 5.02 Å². The number of rotatable bonds is 3. The molecule has 24 heavy (non-hydrogen) atoms. The summed E-state index contributed by atoms with van der Waals surface area (Å²) in [5.41, 5.74) is 7.15. The van der Waals surface area contributed by atoms with Crippen molar-refractivity contribution in [2.24, 2.45) is 5.73 Å². The molecule has 1 fully saturated rings. The van der Waals surface area contributed by atoms with Crippen molar-refractivity contribution in [2.75, 3.05) is 6.54 Å². The van der Waals surface area contributed by atoms with Crippen molar-refractivity contribution in [1.29, 1.82) is 0 Å². The first-order valence-electron chi connectivity index (χ1n) is 8.18. The van der Waals surface area contributed by atoms with Gasteiger partial charge in [-0.1, -0.05) is 48.0 Å². The van der Waals surface area contributed by atoms with Crippen LogP contribution >= 0.6 is 11.6 Å². The van der Waals surface area contributed by atoms with Gasteiger partial charge in [0.1, 0.15) is 0 Å². The zero-order valence-corrected chi connectivity index (χ0v) is 15.4. The van der Waals surface area contributed by atoms with E-state index in [1.165, 1.54) is 0 Å². The van der Waals surface area contributed by atoms with Crippen molar-refractivity contribution in [1.82, 2.24) is 0 Å². The molecule has 5 heteroatoms. The zero-order chi connectivity index (χ0) is 17.5. The maximum absolute atomic E-state index is 6.42. The lowest BCUT2D eigenvalue weighted by Gasteiger charge is -2.32. The van der Waals surface area contributed by atoms with Crippen LogP contribution in [-0.2, 0) is 9.31 Å². The first-order valence-corrected chi connectivity index (χ1v) is 8.56. The molecule has 0 atom stereocenters. The van der Waals surface area contributed by atoms with E-state index in [0.717, 1.165) is 26.8 Å². The van der Waals surface area contributed by atoms with Crippen molar-refractivity contribution in [3.05, 3.63) is 52.5 Å². The van der Waals surface area contributed by atoms with Crippen LogP contribution in [0.25, 0.3) is 16.8 Å². The topological polar surface area (TPSA) is 44.5 Å². The summed E-state index contributed by atoms with van der Waals surface area (Å²) in [6.07, 6.45) is 2.04. The van der Waals surface area contributed by atoms with Gasteiger partial charge in [0.05, 0.1) is 11.2 Å². The van der Waals surface area contributed by atoms with Gasteiger partial charge in [0, 0.05) is 17.0 Å². The highest BCUT2D eigenvalue weighted by molar-refractivity contribution is 6.56. The third-order valence-corrected chi connectivity index (χ3v) is 5.33. The Labute approximate surface area is 148 Å². The lowest BCUT2D eigenvalue weighted by Crippen LogP contribution is -2.41. The molecule has 126 valence electrons. The summed E-state index contributed by atoms with van der Waals surface area (Å²) in [5.74, 6) is 0. The van der Waals surface area contributed by atoms with E-state index >= 15 is 0 Å². The van der Waals surface area contributed by atoms with Gasteiger partial charge >= 0.3 is 7.12 Å². The summed E-state index contributed by atoms with van der Waals surface area (Å²) >= 11 is 6.42. The lowest BCUT2D eigenvalue weighted by atomic mass is 9.77. The SMILES string of the molecule is CC1(C)OB(C(=Cc2cccc3cccc(Cl)c23)CN)OC1(C)C. The van der Waals surface area contributed by atoms with Crippen LogP contribution in [0.4, 0.5) is 0 Å². The molecule has 2 aromatic rings. The quantitative estimate of drug-likeness (QED) is 0.836. The van der Waals surface area contributed by atoms with Crippen LogP contribution in [0.1, 0.15) is 33.3 Å². The molecule has 0 aliphatic carbocycles. The first-order chi connectivity index (χ1) is 11.2. The standard InChI is InChI=1S/C19H23BClNO2/c1-18(2)19(3,4)24-20(23-18)15(12-22)11-14-9-5-7-13-8-6-10-16(21)17(13)14/h5-11H,12,22H2,1-4H3. The number of nitrogens with two attached hydrogens (primary N) is 1. The summed E-state index contributed by atoms with van der Waals surface area (Å²) < 4.78 is 12.3. The Morgan fingerprint density at radius 3 is 2.25 bits per heavy atom. The fourth-order valence-corrected chi connectivity index (χ4v) is 3.15. The van der Waals surface area contributed by atoms with E-state index < -0.39 is 7.12 Å². The number of fused-ring (bicyclic) bond motifs is 1. The van der Waals surface area contributed by atoms with Crippen molar-refractivity contribution >= 4 is 35.6 Å². The molecule has 0 amide bonds. The second-order valence-corrected chi connectivity index (χ2v) is 7.60. The Morgan fingerprint density at radius 2 is 1.67 bits per heavy atom. The fraction of sp³-hybridized carbons (Fsp3) is 0.368. The van der Waals surface area contributed by atoms with E-state index in [2.05, 4.69) is 12.1 Å². The number of hydrogen-bond donors (Lipinski definition) is 1. The van der Waals surface area contributed by atoms with Gasteiger partial charge in [-0.2, -0.15) is 0 Å². The first kappa shape index (κ1) is 17.5. The Bertz CT molecular complexity index is 780. The van der Waals surface area contributed by atoms with Gasteiger partial charge in [0.15, 0.2) is 0 Å². The predicted octanol–water partition coefficient (Wildman–Crippen LogP) is 4.47. The van der Waals surface area contributed by atoms with Crippen LogP contribution in [0.3, 0.4) is 0 Å². The molecule has 0 saturated carbocycles. The van der Waals surface area contributed by atoms with Gasteiger partial charge in [0.25, 0.3) is 0 Å². The van der Waals surface area contributed by atoms with Crippen LogP contribution in [0.5, 0.6) is 0 Å². The molecule has 0 unspecified atom stereocenters. The third kappa shape index (κ3) is 3.00. The molecule has 1 heterocycles. The number of halogens is 1. The van der Waals surface area contributed by atoms with E-state index in [0.29, 0.717) is 6.54 Å². The van der Waals surface area contributed by atoms with E-state index in [4.69, 9.17) is 26.6 Å². The summed E-state index contributed by atoms with van der Waals surface area (Å²) in [6.45, 7) is 8.51. The summed E-state index contributed by atoms with van der Waals surface area (Å²) in [5, 5.41) is 2.84. The van der Waals surface area contributed by atoms with Crippen LogP contribution in [-0.4, -0.2) is 24.9 Å². The predicted molar refractivity (Wildman–Crippen MR) is 102 cm³/mol. The molecule has 1 aliphatic heterocycles. The van der Waals surface area contributed by atoms with E-state index in [9.17, 15) is 0 Å². The monoisotopic (exact) mass is 343 g/mol. The van der Waals surface area contributed by atoms with E-state index in [1.54, 1.807) is 0 Å². The maximum atomic E-state index is 6.42. The second kappa shape index (κ2) is 6.19. The number of benzene rings is 2. The fourth-order valence-electron chi connectivity index (χ4n) is 2.86. The van der Waals surface area contributed by atoms with Gasteiger partial charge in [0.2, 0.25) is 0 Å². The molecule has 1 saturated heterocycles. The van der Waals surface area contributed by atoms with Crippen molar-refractivity contribution in [3.63, 3.8) is 0 Å². The Hall–Kier alpha value is -1.33. The highest BCUT2D eigenvalue weighted by atomic mass is 35.5. The molecule has 3 rings (SSSR count). The minimum absolute atomic E-state index is 0.359. The number of hydrogen-bond acceptors (Lipinski definition) is 3. The van der Waals surface area contributed by atoms with E-state index in [-0.39, 0.29) is 11.2 Å². The average molecular weight is 344 g/mol. The summed E-state index contributed by atoms with van der Waals surface area (Å²) in [6, 6.07) is 12.0. The molecule has 2 aromatic carbocycles. The van der Waals surface area contributed by atoms with Gasteiger partial charge < -0.3 is 15.0 Å². The summed E-state index contributed by atoms with van der Waals surface area (Å²) in [4.78, 5) is 0. The van der Waals surface area contributed by atoms with Gasteiger partial charge in [-0.3, -0.25) is 0 Å². The smallest absolute Gasteiger partial charge is 0.400 e. The molecule has 0 radical (unpaired) electrons. The Morgan fingerprint density at radius 1 is 1.08 bits per heavy atom. The minimum Gasteiger partial charge on any atom is -0.400 e. The maximum Gasteiger partial charge on any atom is 0.491 e. The largest absolute Gasteiger partial charge is 0.491 e. The van der Waals surface area contributed by atoms with Crippen molar-refractivity contribution in [3.8, 4) is 0 Å². The van der Waals surface area contributed by atoms with Crippen LogP contribution < -0.4 is 5.73 Å². The highest BCUT2D eigenvalue weighted by Gasteiger charge is 2.52. The normalized spacial score (nSPS) is 19.9. The summed E-state index contributed by atoms with van der Waals surface area (Å²) in [7, 11) is -0.447. The molecular formula is C19H23BClNO2. The molecule has 0 spiro atoms. The molecule has 1 aliphatic rings. The van der Waals surface area contributed by atoms with Crippen molar-refractivity contribution in [2.45, 2.75) is 38.9 Å². The zero-order valence-electron chi connectivity index (χ0n) is 14.6. The van der Waals surface area contributed by atoms with Gasteiger partial charge in [-0.15, -0.1) is 0 Å².